The average molecular weight is 473 g/mol. The molecule has 0 spiro atoms. The second-order valence-electron chi connectivity index (χ2n) is 9.03. The quantitative estimate of drug-likeness (QED) is 0.444. The number of piperidine rings is 1. The summed E-state index contributed by atoms with van der Waals surface area (Å²) in [5.74, 6) is 1.09. The van der Waals surface area contributed by atoms with Gasteiger partial charge >= 0.3 is 0 Å². The number of phenols is 1. The summed E-state index contributed by atoms with van der Waals surface area (Å²) in [6, 6.07) is 17.8. The predicted octanol–water partition coefficient (Wildman–Crippen LogP) is 6.62. The van der Waals surface area contributed by atoms with Crippen molar-refractivity contribution < 1.29 is 5.11 Å². The van der Waals surface area contributed by atoms with E-state index in [0.29, 0.717) is 23.8 Å². The maximum atomic E-state index is 10.4. The molecule has 3 nitrogen and oxygen atoms in total. The van der Waals surface area contributed by atoms with E-state index in [-0.39, 0.29) is 0 Å². The van der Waals surface area contributed by atoms with Crippen molar-refractivity contribution in [3.8, 4) is 5.75 Å². The summed E-state index contributed by atoms with van der Waals surface area (Å²) in [5.41, 5.74) is 2.46. The molecule has 1 heterocycles. The van der Waals surface area contributed by atoms with Crippen molar-refractivity contribution in [2.45, 2.75) is 65.1 Å². The van der Waals surface area contributed by atoms with E-state index in [2.05, 4.69) is 82.9 Å². The van der Waals surface area contributed by atoms with Gasteiger partial charge in [-0.1, -0.05) is 67.0 Å². The molecule has 0 amide bonds. The van der Waals surface area contributed by atoms with Gasteiger partial charge in [-0.05, 0) is 61.9 Å². The molecular weight excluding hydrogens is 436 g/mol. The van der Waals surface area contributed by atoms with Crippen LogP contribution in [0.1, 0.15) is 63.6 Å². The summed E-state index contributed by atoms with van der Waals surface area (Å²) < 4.78 is 1.03. The Bertz CT molecular complexity index is 772. The van der Waals surface area contributed by atoms with Crippen LogP contribution in [0.3, 0.4) is 0 Å². The van der Waals surface area contributed by atoms with Gasteiger partial charge in [0, 0.05) is 41.8 Å². The van der Waals surface area contributed by atoms with Crippen molar-refractivity contribution in [1.82, 2.24) is 9.80 Å². The molecular formula is C26H37BrN2O. The Morgan fingerprint density at radius 2 is 1.80 bits per heavy atom. The highest BCUT2D eigenvalue weighted by atomic mass is 79.9. The minimum absolute atomic E-state index is 0.403. The number of aromatic hydroxyl groups is 1. The molecule has 1 unspecified atom stereocenters. The van der Waals surface area contributed by atoms with Gasteiger partial charge in [-0.3, -0.25) is 9.80 Å². The summed E-state index contributed by atoms with van der Waals surface area (Å²) in [7, 11) is 0. The standard InChI is InChI=1S/C26H37BrN2O/c1-4-25(21-8-6-5-7-9-21)28-16-13-24(14-17-28)29(15-12-20(2)3)19-22-18-23(27)10-11-26(22)30/h5-11,18,20,24-25,30H,4,12-17,19H2,1-3H3. The largest absolute Gasteiger partial charge is 0.508 e. The van der Waals surface area contributed by atoms with E-state index >= 15 is 0 Å². The van der Waals surface area contributed by atoms with Crippen LogP contribution in [0.15, 0.2) is 53.0 Å². The zero-order valence-electron chi connectivity index (χ0n) is 18.7. The van der Waals surface area contributed by atoms with E-state index in [9.17, 15) is 5.11 Å². The van der Waals surface area contributed by atoms with Gasteiger partial charge in [0.25, 0.3) is 0 Å². The third kappa shape index (κ3) is 6.32. The molecule has 164 valence electrons. The predicted molar refractivity (Wildman–Crippen MR) is 130 cm³/mol. The molecule has 30 heavy (non-hydrogen) atoms. The van der Waals surface area contributed by atoms with Crippen LogP contribution in [0, 0.1) is 5.92 Å². The van der Waals surface area contributed by atoms with E-state index in [0.717, 1.165) is 42.6 Å². The molecule has 1 fully saturated rings. The number of rotatable bonds is 9. The molecule has 1 atom stereocenters. The smallest absolute Gasteiger partial charge is 0.120 e. The molecule has 3 rings (SSSR count). The molecule has 1 aliphatic heterocycles. The first-order chi connectivity index (χ1) is 14.5. The van der Waals surface area contributed by atoms with Crippen LogP contribution in [0.5, 0.6) is 5.75 Å². The van der Waals surface area contributed by atoms with Crippen molar-refractivity contribution in [3.63, 3.8) is 0 Å². The molecule has 0 aromatic heterocycles. The number of likely N-dealkylation sites (tertiary alicyclic amines) is 1. The highest BCUT2D eigenvalue weighted by molar-refractivity contribution is 9.10. The number of nitrogens with zero attached hydrogens (tertiary/aromatic N) is 2. The summed E-state index contributed by atoms with van der Waals surface area (Å²) in [6.07, 6.45) is 4.72. The Hall–Kier alpha value is -1.36. The zero-order chi connectivity index (χ0) is 21.5. The molecule has 0 radical (unpaired) electrons. The second kappa shape index (κ2) is 11.3. The van der Waals surface area contributed by atoms with Crippen molar-refractivity contribution in [2.75, 3.05) is 19.6 Å². The number of benzene rings is 2. The van der Waals surface area contributed by atoms with Crippen LogP contribution in [0.2, 0.25) is 0 Å². The fraction of sp³-hybridized carbons (Fsp3) is 0.538. The summed E-state index contributed by atoms with van der Waals surface area (Å²) in [5, 5.41) is 10.4. The summed E-state index contributed by atoms with van der Waals surface area (Å²) in [4.78, 5) is 5.28. The highest BCUT2D eigenvalue weighted by Crippen LogP contribution is 2.31. The van der Waals surface area contributed by atoms with Crippen LogP contribution >= 0.6 is 15.9 Å². The molecule has 1 N–H and O–H groups in total. The highest BCUT2D eigenvalue weighted by Gasteiger charge is 2.28. The molecule has 1 saturated heterocycles. The minimum Gasteiger partial charge on any atom is -0.508 e. The SMILES string of the molecule is CCC(c1ccccc1)N1CCC(N(CCC(C)C)Cc2cc(Br)ccc2O)CC1. The van der Waals surface area contributed by atoms with Gasteiger partial charge in [-0.2, -0.15) is 0 Å². The lowest BCUT2D eigenvalue weighted by Crippen LogP contribution is -2.46. The molecule has 0 aliphatic carbocycles. The Morgan fingerprint density at radius 1 is 1.10 bits per heavy atom. The lowest BCUT2D eigenvalue weighted by molar-refractivity contribution is 0.0740. The summed E-state index contributed by atoms with van der Waals surface area (Å²) in [6.45, 7) is 11.1. The van der Waals surface area contributed by atoms with Crippen molar-refractivity contribution >= 4 is 15.9 Å². The third-order valence-corrected chi connectivity index (χ3v) is 6.93. The van der Waals surface area contributed by atoms with E-state index in [1.54, 1.807) is 6.07 Å². The number of hydrogen-bond donors (Lipinski definition) is 1. The third-order valence-electron chi connectivity index (χ3n) is 6.44. The molecule has 4 heteroatoms. The fourth-order valence-electron chi connectivity index (χ4n) is 4.66. The lowest BCUT2D eigenvalue weighted by atomic mass is 9.96. The van der Waals surface area contributed by atoms with Crippen LogP contribution in [-0.2, 0) is 6.54 Å². The van der Waals surface area contributed by atoms with Gasteiger partial charge in [0.05, 0.1) is 0 Å². The molecule has 1 aliphatic rings. The van der Waals surface area contributed by atoms with Gasteiger partial charge in [0.2, 0.25) is 0 Å². The fourth-order valence-corrected chi connectivity index (χ4v) is 5.07. The van der Waals surface area contributed by atoms with Gasteiger partial charge in [-0.25, -0.2) is 0 Å². The molecule has 0 saturated carbocycles. The first kappa shape index (κ1) is 23.3. The molecule has 2 aromatic rings. The van der Waals surface area contributed by atoms with E-state index in [4.69, 9.17) is 0 Å². The monoisotopic (exact) mass is 472 g/mol. The number of phenolic OH excluding ortho intramolecular Hbond substituents is 1. The van der Waals surface area contributed by atoms with Gasteiger partial charge in [0.1, 0.15) is 5.75 Å². The lowest BCUT2D eigenvalue weighted by Gasteiger charge is -2.42. The Balaban J connectivity index is 1.67. The topological polar surface area (TPSA) is 26.7 Å². The van der Waals surface area contributed by atoms with Crippen LogP contribution in [0.25, 0.3) is 0 Å². The first-order valence-electron chi connectivity index (χ1n) is 11.5. The molecule has 2 aromatic carbocycles. The van der Waals surface area contributed by atoms with Crippen molar-refractivity contribution in [3.05, 3.63) is 64.1 Å². The minimum atomic E-state index is 0.403. The molecule has 0 bridgehead atoms. The van der Waals surface area contributed by atoms with Crippen molar-refractivity contribution in [1.29, 1.82) is 0 Å². The Labute approximate surface area is 191 Å². The van der Waals surface area contributed by atoms with Gasteiger partial charge in [0.15, 0.2) is 0 Å². The average Bonchev–Trinajstić information content (AvgIpc) is 2.75. The number of halogens is 1. The van der Waals surface area contributed by atoms with Crippen LogP contribution < -0.4 is 0 Å². The Morgan fingerprint density at radius 3 is 2.43 bits per heavy atom. The zero-order valence-corrected chi connectivity index (χ0v) is 20.3. The second-order valence-corrected chi connectivity index (χ2v) is 9.94. The number of hydrogen-bond acceptors (Lipinski definition) is 3. The van der Waals surface area contributed by atoms with Crippen LogP contribution in [0.4, 0.5) is 0 Å². The van der Waals surface area contributed by atoms with E-state index < -0.39 is 0 Å². The normalized spacial score (nSPS) is 17.0. The van der Waals surface area contributed by atoms with Gasteiger partial charge < -0.3 is 5.11 Å². The van der Waals surface area contributed by atoms with Gasteiger partial charge in [-0.15, -0.1) is 0 Å². The maximum Gasteiger partial charge on any atom is 0.120 e. The maximum absolute atomic E-state index is 10.4. The van der Waals surface area contributed by atoms with Crippen LogP contribution in [-0.4, -0.2) is 40.6 Å². The van der Waals surface area contributed by atoms with E-state index in [1.807, 2.05) is 6.07 Å². The first-order valence-corrected chi connectivity index (χ1v) is 12.3. The Kier molecular flexibility index (Phi) is 8.79. The summed E-state index contributed by atoms with van der Waals surface area (Å²) >= 11 is 3.56. The van der Waals surface area contributed by atoms with E-state index in [1.165, 1.54) is 24.8 Å². The van der Waals surface area contributed by atoms with Crippen molar-refractivity contribution in [2.24, 2.45) is 5.92 Å².